The second-order valence-corrected chi connectivity index (χ2v) is 4.84. The fraction of sp³-hybridized carbons (Fsp3) is 0.357. The van der Waals surface area contributed by atoms with Crippen molar-refractivity contribution in [2.45, 2.75) is 13.5 Å². The molecule has 0 aliphatic heterocycles. The van der Waals surface area contributed by atoms with Crippen LogP contribution in [0.25, 0.3) is 0 Å². The highest BCUT2D eigenvalue weighted by Gasteiger charge is 2.20. The van der Waals surface area contributed by atoms with Gasteiger partial charge in [0.05, 0.1) is 28.1 Å². The average Bonchev–Trinajstić information content (AvgIpc) is 2.62. The van der Waals surface area contributed by atoms with Crippen LogP contribution in [-0.2, 0) is 25.7 Å². The van der Waals surface area contributed by atoms with Crippen LogP contribution in [0.5, 0.6) is 0 Å². The van der Waals surface area contributed by atoms with E-state index in [1.807, 2.05) is 0 Å². The van der Waals surface area contributed by atoms with Gasteiger partial charge in [-0.25, -0.2) is 4.79 Å². The van der Waals surface area contributed by atoms with Gasteiger partial charge >= 0.3 is 12.1 Å². The molecule has 13 heteroatoms. The molecule has 0 aliphatic rings. The van der Waals surface area contributed by atoms with Gasteiger partial charge in [0.25, 0.3) is 11.4 Å². The van der Waals surface area contributed by atoms with Crippen LogP contribution in [-0.4, -0.2) is 47.5 Å². The van der Waals surface area contributed by atoms with E-state index in [-0.39, 0.29) is 18.7 Å². The molecule has 0 radical (unpaired) electrons. The molecule has 0 bridgehead atoms. The monoisotopic (exact) mass is 384 g/mol. The summed E-state index contributed by atoms with van der Waals surface area (Å²) in [5.74, 6) is -1.32. The lowest BCUT2D eigenvalue weighted by Gasteiger charge is -2.08. The Labute approximate surface area is 151 Å². The van der Waals surface area contributed by atoms with Crippen LogP contribution in [0.15, 0.2) is 18.2 Å². The Kier molecular flexibility index (Phi) is 8.09. The van der Waals surface area contributed by atoms with E-state index in [0.29, 0.717) is 0 Å². The fourth-order valence-electron chi connectivity index (χ4n) is 1.75. The molecule has 1 aromatic carbocycles. The second-order valence-electron chi connectivity index (χ2n) is 4.84. The van der Waals surface area contributed by atoms with E-state index in [4.69, 9.17) is 4.74 Å². The number of alkyl carbamates (subject to hydrolysis) is 1. The summed E-state index contributed by atoms with van der Waals surface area (Å²) in [5, 5.41) is 25.9. The highest BCUT2D eigenvalue weighted by Crippen LogP contribution is 2.25. The summed E-state index contributed by atoms with van der Waals surface area (Å²) in [6.07, 6.45) is -1.05. The maximum atomic E-state index is 11.5. The van der Waals surface area contributed by atoms with Gasteiger partial charge in [0.1, 0.15) is 19.7 Å². The predicted octanol–water partition coefficient (Wildman–Crippen LogP) is 0.409. The molecular formula is C14H16N4O9. The second kappa shape index (κ2) is 10.3. The molecule has 0 aromatic heterocycles. The lowest BCUT2D eigenvalue weighted by atomic mass is 10.2. The lowest BCUT2D eigenvalue weighted by molar-refractivity contribution is -0.394. The molecule has 0 saturated heterocycles. The highest BCUT2D eigenvalue weighted by molar-refractivity contribution is 5.85. The minimum absolute atomic E-state index is 0.0625. The van der Waals surface area contributed by atoms with Crippen molar-refractivity contribution in [3.05, 3.63) is 44.0 Å². The summed E-state index contributed by atoms with van der Waals surface area (Å²) in [7, 11) is 0. The van der Waals surface area contributed by atoms with Crippen molar-refractivity contribution in [1.82, 2.24) is 10.6 Å². The molecule has 146 valence electrons. The number of carbonyl (C=O) groups excluding carboxylic acids is 3. The Bertz CT molecular complexity index is 750. The number of nitro groups is 2. The third-order valence-electron chi connectivity index (χ3n) is 2.96. The van der Waals surface area contributed by atoms with Crippen molar-refractivity contribution in [2.24, 2.45) is 0 Å². The maximum Gasteiger partial charge on any atom is 0.407 e. The first-order chi connectivity index (χ1) is 12.7. The molecule has 0 spiro atoms. The Morgan fingerprint density at radius 2 is 1.74 bits per heavy atom. The summed E-state index contributed by atoms with van der Waals surface area (Å²) in [6.45, 7) is 0.365. The maximum absolute atomic E-state index is 11.5. The minimum atomic E-state index is -1.05. The first kappa shape index (κ1) is 21.3. The highest BCUT2D eigenvalue weighted by atomic mass is 16.6. The Balaban J connectivity index is 2.50. The summed E-state index contributed by atoms with van der Waals surface area (Å²) in [4.78, 5) is 54.0. The topological polar surface area (TPSA) is 180 Å². The van der Waals surface area contributed by atoms with Gasteiger partial charge in [-0.05, 0) is 13.0 Å². The van der Waals surface area contributed by atoms with Crippen LogP contribution < -0.4 is 10.6 Å². The largest absolute Gasteiger partial charge is 0.465 e. The van der Waals surface area contributed by atoms with Gasteiger partial charge in [0.15, 0.2) is 0 Å². The van der Waals surface area contributed by atoms with Gasteiger partial charge in [-0.1, -0.05) is 0 Å². The van der Waals surface area contributed by atoms with Crippen LogP contribution in [0, 0.1) is 20.2 Å². The van der Waals surface area contributed by atoms with Gasteiger partial charge in [-0.15, -0.1) is 0 Å². The molecule has 13 nitrogen and oxygen atoms in total. The summed E-state index contributed by atoms with van der Waals surface area (Å²) in [6, 6.07) is 2.88. The molecule has 0 fully saturated rings. The van der Waals surface area contributed by atoms with E-state index in [2.05, 4.69) is 15.4 Å². The molecule has 0 unspecified atom stereocenters. The Hall–Kier alpha value is -3.77. The number of benzene rings is 1. The van der Waals surface area contributed by atoms with E-state index in [0.717, 1.165) is 18.2 Å². The van der Waals surface area contributed by atoms with Crippen LogP contribution in [0.1, 0.15) is 12.5 Å². The number of hydrogen-bond acceptors (Lipinski definition) is 9. The van der Waals surface area contributed by atoms with Crippen LogP contribution in [0.4, 0.5) is 16.2 Å². The quantitative estimate of drug-likeness (QED) is 0.346. The molecular weight excluding hydrogens is 368 g/mol. The van der Waals surface area contributed by atoms with Crippen molar-refractivity contribution in [2.75, 3.05) is 19.7 Å². The van der Waals surface area contributed by atoms with E-state index in [1.165, 1.54) is 0 Å². The average molecular weight is 384 g/mol. The van der Waals surface area contributed by atoms with Gasteiger partial charge in [-0.2, -0.15) is 0 Å². The molecule has 2 amide bonds. The van der Waals surface area contributed by atoms with E-state index in [9.17, 15) is 34.6 Å². The zero-order valence-electron chi connectivity index (χ0n) is 14.1. The minimum Gasteiger partial charge on any atom is -0.465 e. The number of non-ortho nitro benzene ring substituents is 1. The number of amides is 2. The van der Waals surface area contributed by atoms with Crippen LogP contribution in [0.2, 0.25) is 0 Å². The van der Waals surface area contributed by atoms with Gasteiger partial charge in [0.2, 0.25) is 5.91 Å². The van der Waals surface area contributed by atoms with Crippen molar-refractivity contribution in [3.63, 3.8) is 0 Å². The standard InChI is InChI=1S/C14H16N4O9/c1-2-26-13(20)7-15-12(19)6-16-14(21)27-8-9-3-4-10(17(22)23)5-11(9)18(24)25/h3-5H,2,6-8H2,1H3,(H,15,19)(H,16,21). The van der Waals surface area contributed by atoms with Crippen LogP contribution in [0.3, 0.4) is 0 Å². The number of nitro benzene ring substituents is 2. The number of hydrogen-bond donors (Lipinski definition) is 2. The summed E-state index contributed by atoms with van der Waals surface area (Å²) >= 11 is 0. The van der Waals surface area contributed by atoms with E-state index in [1.54, 1.807) is 6.92 Å². The Morgan fingerprint density at radius 3 is 2.33 bits per heavy atom. The third kappa shape index (κ3) is 7.33. The number of rotatable bonds is 9. The zero-order chi connectivity index (χ0) is 20.4. The zero-order valence-corrected chi connectivity index (χ0v) is 14.1. The SMILES string of the molecule is CCOC(=O)CNC(=O)CNC(=O)OCc1ccc([N+](=O)[O-])cc1[N+](=O)[O-]. The number of carbonyl (C=O) groups is 3. The molecule has 0 atom stereocenters. The normalized spacial score (nSPS) is 9.81. The van der Waals surface area contributed by atoms with Crippen molar-refractivity contribution in [3.8, 4) is 0 Å². The molecule has 1 rings (SSSR count). The van der Waals surface area contributed by atoms with Crippen molar-refractivity contribution in [1.29, 1.82) is 0 Å². The van der Waals surface area contributed by atoms with E-state index < -0.39 is 52.3 Å². The molecule has 0 aliphatic carbocycles. The molecule has 2 N–H and O–H groups in total. The number of nitrogens with one attached hydrogen (secondary N) is 2. The Morgan fingerprint density at radius 1 is 1.04 bits per heavy atom. The van der Waals surface area contributed by atoms with Gasteiger partial charge < -0.3 is 20.1 Å². The first-order valence-corrected chi connectivity index (χ1v) is 7.49. The molecule has 0 heterocycles. The van der Waals surface area contributed by atoms with Crippen LogP contribution >= 0.6 is 0 Å². The summed E-state index contributed by atoms with van der Waals surface area (Å²) in [5.41, 5.74) is -1.12. The van der Waals surface area contributed by atoms with Crippen molar-refractivity contribution < 1.29 is 33.7 Å². The molecule has 27 heavy (non-hydrogen) atoms. The number of ether oxygens (including phenoxy) is 2. The predicted molar refractivity (Wildman–Crippen MR) is 87.6 cm³/mol. The first-order valence-electron chi connectivity index (χ1n) is 7.49. The number of esters is 1. The third-order valence-corrected chi connectivity index (χ3v) is 2.96. The summed E-state index contributed by atoms with van der Waals surface area (Å²) < 4.78 is 9.33. The smallest absolute Gasteiger partial charge is 0.407 e. The lowest BCUT2D eigenvalue weighted by Crippen LogP contribution is -2.39. The number of nitrogens with zero attached hydrogens (tertiary/aromatic N) is 2. The molecule has 1 aromatic rings. The molecule has 0 saturated carbocycles. The van der Waals surface area contributed by atoms with Gasteiger partial charge in [0, 0.05) is 6.07 Å². The fourth-order valence-corrected chi connectivity index (χ4v) is 1.75. The van der Waals surface area contributed by atoms with E-state index >= 15 is 0 Å². The van der Waals surface area contributed by atoms with Crippen molar-refractivity contribution >= 4 is 29.3 Å². The van der Waals surface area contributed by atoms with Gasteiger partial charge in [-0.3, -0.25) is 29.8 Å².